The maximum atomic E-state index is 12.0. The molecule has 1 aromatic carbocycles. The summed E-state index contributed by atoms with van der Waals surface area (Å²) in [7, 11) is 0. The predicted octanol–water partition coefficient (Wildman–Crippen LogP) is 4.14. The van der Waals surface area contributed by atoms with Gasteiger partial charge in [0.15, 0.2) is 11.3 Å². The molecule has 1 amide bonds. The molecule has 23 heavy (non-hydrogen) atoms. The van der Waals surface area contributed by atoms with E-state index in [1.54, 1.807) is 6.07 Å². The van der Waals surface area contributed by atoms with E-state index in [2.05, 4.69) is 42.0 Å². The van der Waals surface area contributed by atoms with Crippen molar-refractivity contribution >= 4 is 33.5 Å². The first-order valence-electron chi connectivity index (χ1n) is 7.09. The van der Waals surface area contributed by atoms with Gasteiger partial charge in [-0.25, -0.2) is 4.79 Å². The van der Waals surface area contributed by atoms with Crippen molar-refractivity contribution in [2.24, 2.45) is 0 Å². The van der Waals surface area contributed by atoms with Crippen molar-refractivity contribution in [3.8, 4) is 0 Å². The molecule has 1 heterocycles. The van der Waals surface area contributed by atoms with E-state index >= 15 is 0 Å². The summed E-state index contributed by atoms with van der Waals surface area (Å²) in [6.07, 6.45) is 0. The van der Waals surface area contributed by atoms with Crippen LogP contribution in [-0.4, -0.2) is 18.5 Å². The third kappa shape index (κ3) is 4.69. The lowest BCUT2D eigenvalue weighted by atomic mass is 9.86. The van der Waals surface area contributed by atoms with E-state index in [9.17, 15) is 9.59 Å². The van der Waals surface area contributed by atoms with E-state index in [0.29, 0.717) is 10.4 Å². The molecule has 2 rings (SSSR count). The van der Waals surface area contributed by atoms with Crippen LogP contribution >= 0.6 is 15.9 Å². The number of esters is 1. The van der Waals surface area contributed by atoms with Gasteiger partial charge in [0, 0.05) is 5.69 Å². The van der Waals surface area contributed by atoms with Gasteiger partial charge in [-0.05, 0) is 45.1 Å². The Hall–Kier alpha value is -2.08. The van der Waals surface area contributed by atoms with Crippen LogP contribution < -0.4 is 5.32 Å². The smallest absolute Gasteiger partial charge is 0.374 e. The number of hydrogen-bond acceptors (Lipinski definition) is 4. The molecule has 0 bridgehead atoms. The van der Waals surface area contributed by atoms with Crippen molar-refractivity contribution < 1.29 is 18.7 Å². The fourth-order valence-corrected chi connectivity index (χ4v) is 2.37. The zero-order valence-electron chi connectivity index (χ0n) is 13.2. The van der Waals surface area contributed by atoms with Crippen LogP contribution in [0.5, 0.6) is 0 Å². The zero-order valence-corrected chi connectivity index (χ0v) is 14.8. The topological polar surface area (TPSA) is 68.5 Å². The highest BCUT2D eigenvalue weighted by molar-refractivity contribution is 9.10. The maximum Gasteiger partial charge on any atom is 0.374 e. The fraction of sp³-hybridized carbons (Fsp3) is 0.294. The molecular weight excluding hydrogens is 362 g/mol. The van der Waals surface area contributed by atoms with Gasteiger partial charge >= 0.3 is 5.97 Å². The number of amides is 1. The molecule has 0 aliphatic carbocycles. The number of hydrogen-bond donors (Lipinski definition) is 1. The van der Waals surface area contributed by atoms with Crippen LogP contribution in [0, 0.1) is 0 Å². The number of para-hydroxylation sites is 1. The van der Waals surface area contributed by atoms with Crippen molar-refractivity contribution in [1.29, 1.82) is 0 Å². The molecule has 1 aromatic heterocycles. The Labute approximate surface area is 143 Å². The Morgan fingerprint density at radius 2 is 1.87 bits per heavy atom. The molecule has 122 valence electrons. The molecule has 0 radical (unpaired) electrons. The van der Waals surface area contributed by atoms with Gasteiger partial charge in [0.2, 0.25) is 5.76 Å². The van der Waals surface area contributed by atoms with Crippen molar-refractivity contribution in [1.82, 2.24) is 0 Å². The second-order valence-corrected chi connectivity index (χ2v) is 6.81. The number of carbonyl (C=O) groups excluding carboxylic acids is 2. The predicted molar refractivity (Wildman–Crippen MR) is 90.5 cm³/mol. The van der Waals surface area contributed by atoms with Crippen LogP contribution in [0.25, 0.3) is 0 Å². The zero-order chi connectivity index (χ0) is 17.0. The van der Waals surface area contributed by atoms with E-state index in [4.69, 9.17) is 9.15 Å². The fourth-order valence-electron chi connectivity index (χ4n) is 2.06. The Morgan fingerprint density at radius 3 is 2.48 bits per heavy atom. The summed E-state index contributed by atoms with van der Waals surface area (Å²) in [6.45, 7) is 5.81. The average molecular weight is 380 g/mol. The van der Waals surface area contributed by atoms with Gasteiger partial charge in [-0.1, -0.05) is 39.0 Å². The Bertz CT molecular complexity index is 715. The van der Waals surface area contributed by atoms with Crippen LogP contribution in [-0.2, 0) is 14.9 Å². The summed E-state index contributed by atoms with van der Waals surface area (Å²) in [4.78, 5) is 23.7. The number of nitrogens with one attached hydrogen (secondary N) is 1. The number of anilines is 1. The summed E-state index contributed by atoms with van der Waals surface area (Å²) in [5.74, 6) is -1.05. The molecule has 5 nitrogen and oxygen atoms in total. The second-order valence-electron chi connectivity index (χ2n) is 6.02. The van der Waals surface area contributed by atoms with Crippen molar-refractivity contribution in [3.63, 3.8) is 0 Å². The van der Waals surface area contributed by atoms with E-state index in [1.807, 2.05) is 24.3 Å². The molecule has 1 N–H and O–H groups in total. The van der Waals surface area contributed by atoms with Crippen molar-refractivity contribution in [3.05, 3.63) is 52.4 Å². The highest BCUT2D eigenvalue weighted by Gasteiger charge is 2.19. The number of rotatable bonds is 4. The first-order chi connectivity index (χ1) is 10.8. The lowest BCUT2D eigenvalue weighted by Gasteiger charge is -2.22. The number of furan rings is 1. The van der Waals surface area contributed by atoms with Crippen LogP contribution in [0.1, 0.15) is 36.9 Å². The molecule has 2 aromatic rings. The molecule has 0 saturated heterocycles. The highest BCUT2D eigenvalue weighted by Crippen LogP contribution is 2.29. The first kappa shape index (κ1) is 17.3. The first-order valence-corrected chi connectivity index (χ1v) is 7.88. The lowest BCUT2D eigenvalue weighted by molar-refractivity contribution is -0.119. The standard InChI is InChI=1S/C17H18BrNO4/c1-17(2,3)11-6-4-5-7-12(11)19-15(20)10-22-16(21)13-8-9-14(18)23-13/h4-9H,10H2,1-3H3,(H,19,20). The summed E-state index contributed by atoms with van der Waals surface area (Å²) in [6, 6.07) is 10.6. The summed E-state index contributed by atoms with van der Waals surface area (Å²) in [5.41, 5.74) is 1.61. The third-order valence-electron chi connectivity index (χ3n) is 3.12. The minimum atomic E-state index is -0.685. The Morgan fingerprint density at radius 1 is 1.17 bits per heavy atom. The van der Waals surface area contributed by atoms with Crippen molar-refractivity contribution in [2.45, 2.75) is 26.2 Å². The number of halogens is 1. The minimum Gasteiger partial charge on any atom is -0.450 e. The molecule has 0 aliphatic rings. The lowest BCUT2D eigenvalue weighted by Crippen LogP contribution is -2.23. The van der Waals surface area contributed by atoms with Gasteiger partial charge in [-0.3, -0.25) is 4.79 Å². The SMILES string of the molecule is CC(C)(C)c1ccccc1NC(=O)COC(=O)c1ccc(Br)o1. The Balaban J connectivity index is 1.97. The van der Waals surface area contributed by atoms with E-state index in [1.165, 1.54) is 6.07 Å². The van der Waals surface area contributed by atoms with Gasteiger partial charge in [0.25, 0.3) is 5.91 Å². The van der Waals surface area contributed by atoms with Crippen LogP contribution in [0.15, 0.2) is 45.5 Å². The minimum absolute atomic E-state index is 0.0415. The summed E-state index contributed by atoms with van der Waals surface area (Å²) >= 11 is 3.10. The molecule has 0 aliphatic heterocycles. The van der Waals surface area contributed by atoms with Gasteiger partial charge in [-0.2, -0.15) is 0 Å². The van der Waals surface area contributed by atoms with E-state index in [0.717, 1.165) is 5.56 Å². The molecule has 0 saturated carbocycles. The van der Waals surface area contributed by atoms with Crippen LogP contribution in [0.2, 0.25) is 0 Å². The summed E-state index contributed by atoms with van der Waals surface area (Å²) in [5, 5.41) is 2.77. The van der Waals surface area contributed by atoms with Gasteiger partial charge in [0.05, 0.1) is 0 Å². The van der Waals surface area contributed by atoms with Crippen LogP contribution in [0.3, 0.4) is 0 Å². The molecule has 0 unspecified atom stereocenters. The van der Waals surface area contributed by atoms with E-state index < -0.39 is 11.9 Å². The van der Waals surface area contributed by atoms with Crippen LogP contribution in [0.4, 0.5) is 5.69 Å². The monoisotopic (exact) mass is 379 g/mol. The highest BCUT2D eigenvalue weighted by atomic mass is 79.9. The quantitative estimate of drug-likeness (QED) is 0.810. The molecule has 0 atom stereocenters. The normalized spacial score (nSPS) is 11.1. The number of ether oxygens (including phenoxy) is 1. The molecule has 0 fully saturated rings. The number of benzene rings is 1. The third-order valence-corrected chi connectivity index (χ3v) is 3.54. The Kier molecular flexibility index (Phi) is 5.26. The number of carbonyl (C=O) groups is 2. The molecular formula is C17H18BrNO4. The van der Waals surface area contributed by atoms with Gasteiger partial charge in [-0.15, -0.1) is 0 Å². The molecule has 6 heteroatoms. The summed E-state index contributed by atoms with van der Waals surface area (Å²) < 4.78 is 10.4. The largest absolute Gasteiger partial charge is 0.450 e. The molecule has 0 spiro atoms. The van der Waals surface area contributed by atoms with Crippen molar-refractivity contribution in [2.75, 3.05) is 11.9 Å². The van der Waals surface area contributed by atoms with Gasteiger partial charge in [0.1, 0.15) is 0 Å². The maximum absolute atomic E-state index is 12.0. The average Bonchev–Trinajstić information content (AvgIpc) is 2.91. The second kappa shape index (κ2) is 7.00. The van der Waals surface area contributed by atoms with E-state index in [-0.39, 0.29) is 17.8 Å². The van der Waals surface area contributed by atoms with Gasteiger partial charge < -0.3 is 14.5 Å².